The van der Waals surface area contributed by atoms with Gasteiger partial charge >= 0.3 is 11.9 Å². The molecule has 0 bridgehead atoms. The third-order valence-corrected chi connectivity index (χ3v) is 0.768. The molecule has 4 heteroatoms. The van der Waals surface area contributed by atoms with Gasteiger partial charge in [-0.1, -0.05) is 13.2 Å². The zero-order valence-electron chi connectivity index (χ0n) is 8.78. The summed E-state index contributed by atoms with van der Waals surface area (Å²) in [7, 11) is 0. The second kappa shape index (κ2) is 9.51. The zero-order valence-corrected chi connectivity index (χ0v) is 8.78. The van der Waals surface area contributed by atoms with Gasteiger partial charge in [0.25, 0.3) is 0 Å². The summed E-state index contributed by atoms with van der Waals surface area (Å²) >= 11 is 0. The number of esters is 2. The van der Waals surface area contributed by atoms with Gasteiger partial charge in [-0.25, -0.2) is 4.79 Å². The van der Waals surface area contributed by atoms with E-state index in [9.17, 15) is 9.59 Å². The maximum Gasteiger partial charge on any atom is 0.330 e. The van der Waals surface area contributed by atoms with Gasteiger partial charge in [0.1, 0.15) is 0 Å². The third-order valence-electron chi connectivity index (χ3n) is 0.768. The second-order valence-electron chi connectivity index (χ2n) is 2.47. The van der Waals surface area contributed by atoms with Gasteiger partial charge in [-0.3, -0.25) is 4.79 Å². The van der Waals surface area contributed by atoms with Crippen molar-refractivity contribution < 1.29 is 19.1 Å². The van der Waals surface area contributed by atoms with Crippen molar-refractivity contribution in [2.45, 2.75) is 26.9 Å². The highest BCUT2D eigenvalue weighted by atomic mass is 16.5. The molecule has 0 N–H and O–H groups in total. The molecule has 0 radical (unpaired) electrons. The monoisotopic (exact) mass is 200 g/mol. The lowest BCUT2D eigenvalue weighted by Crippen LogP contribution is -2.07. The smallest absolute Gasteiger partial charge is 0.330 e. The van der Waals surface area contributed by atoms with Crippen molar-refractivity contribution in [1.82, 2.24) is 0 Å². The number of hydrogen-bond acceptors (Lipinski definition) is 4. The summed E-state index contributed by atoms with van der Waals surface area (Å²) in [6.45, 7) is 11.3. The van der Waals surface area contributed by atoms with Crippen LogP contribution in [0.15, 0.2) is 25.5 Å². The van der Waals surface area contributed by atoms with Crippen molar-refractivity contribution in [1.29, 1.82) is 0 Å². The van der Waals surface area contributed by atoms with Crippen molar-refractivity contribution in [2.24, 2.45) is 0 Å². The molecule has 0 aromatic heterocycles. The van der Waals surface area contributed by atoms with Gasteiger partial charge in [0.2, 0.25) is 0 Å². The van der Waals surface area contributed by atoms with Crippen LogP contribution in [0, 0.1) is 0 Å². The van der Waals surface area contributed by atoms with Crippen molar-refractivity contribution in [3.63, 3.8) is 0 Å². The maximum atomic E-state index is 10.3. The Hall–Kier alpha value is -1.58. The SMILES string of the molecule is C=CC(=O)OC(C)C.C=COC(C)=O. The van der Waals surface area contributed by atoms with E-state index in [2.05, 4.69) is 22.6 Å². The predicted octanol–water partition coefficient (Wildman–Crippen LogP) is 1.82. The molecule has 0 spiro atoms. The molecular weight excluding hydrogens is 184 g/mol. The van der Waals surface area contributed by atoms with E-state index in [4.69, 9.17) is 0 Å². The van der Waals surface area contributed by atoms with E-state index >= 15 is 0 Å². The van der Waals surface area contributed by atoms with Gasteiger partial charge in [0.15, 0.2) is 0 Å². The van der Waals surface area contributed by atoms with Gasteiger partial charge in [0, 0.05) is 13.0 Å². The van der Waals surface area contributed by atoms with E-state index in [1.165, 1.54) is 6.92 Å². The minimum absolute atomic E-state index is 0.0412. The van der Waals surface area contributed by atoms with Crippen molar-refractivity contribution in [3.8, 4) is 0 Å². The van der Waals surface area contributed by atoms with Gasteiger partial charge < -0.3 is 9.47 Å². The van der Waals surface area contributed by atoms with Crippen LogP contribution in [0.25, 0.3) is 0 Å². The molecule has 0 aliphatic heterocycles. The first-order chi connectivity index (χ1) is 6.43. The topological polar surface area (TPSA) is 52.6 Å². The van der Waals surface area contributed by atoms with E-state index in [1.54, 1.807) is 13.8 Å². The first-order valence-corrected chi connectivity index (χ1v) is 4.05. The summed E-state index contributed by atoms with van der Waals surface area (Å²) < 4.78 is 8.81. The fraction of sp³-hybridized carbons (Fsp3) is 0.400. The highest BCUT2D eigenvalue weighted by Crippen LogP contribution is 1.87. The summed E-state index contributed by atoms with van der Waals surface area (Å²) in [5, 5.41) is 0. The quantitative estimate of drug-likeness (QED) is 0.396. The molecule has 4 nitrogen and oxygen atoms in total. The van der Waals surface area contributed by atoms with E-state index in [0.29, 0.717) is 0 Å². The van der Waals surface area contributed by atoms with Gasteiger partial charge in [-0.15, -0.1) is 0 Å². The highest BCUT2D eigenvalue weighted by molar-refractivity contribution is 5.81. The Morgan fingerprint density at radius 2 is 1.79 bits per heavy atom. The lowest BCUT2D eigenvalue weighted by atomic mass is 10.5. The Morgan fingerprint density at radius 1 is 1.29 bits per heavy atom. The van der Waals surface area contributed by atoms with Crippen LogP contribution >= 0.6 is 0 Å². The summed E-state index contributed by atoms with van der Waals surface area (Å²) in [6, 6.07) is 0. The molecule has 0 aliphatic rings. The summed E-state index contributed by atoms with van der Waals surface area (Å²) in [4.78, 5) is 20.0. The number of ether oxygens (including phenoxy) is 2. The Kier molecular flexibility index (Phi) is 10.1. The van der Waals surface area contributed by atoms with Gasteiger partial charge in [0.05, 0.1) is 12.4 Å². The summed E-state index contributed by atoms with van der Waals surface area (Å²) in [5.74, 6) is -0.690. The van der Waals surface area contributed by atoms with Crippen molar-refractivity contribution >= 4 is 11.9 Å². The summed E-state index contributed by atoms with van der Waals surface area (Å²) in [5.41, 5.74) is 0. The van der Waals surface area contributed by atoms with Crippen LogP contribution in [0.2, 0.25) is 0 Å². The molecule has 0 saturated heterocycles. The molecule has 0 fully saturated rings. The molecule has 0 atom stereocenters. The van der Waals surface area contributed by atoms with Gasteiger partial charge in [-0.2, -0.15) is 0 Å². The Labute approximate surface area is 84.2 Å². The minimum Gasteiger partial charge on any atom is -0.460 e. The summed E-state index contributed by atoms with van der Waals surface area (Å²) in [6.07, 6.45) is 2.21. The van der Waals surface area contributed by atoms with Crippen molar-refractivity contribution in [3.05, 3.63) is 25.5 Å². The maximum absolute atomic E-state index is 10.3. The van der Waals surface area contributed by atoms with Crippen LogP contribution in [-0.4, -0.2) is 18.0 Å². The van der Waals surface area contributed by atoms with Crippen LogP contribution in [0.4, 0.5) is 0 Å². The Bertz CT molecular complexity index is 206. The zero-order chi connectivity index (χ0) is 11.6. The van der Waals surface area contributed by atoms with Crippen LogP contribution in [0.1, 0.15) is 20.8 Å². The van der Waals surface area contributed by atoms with Crippen LogP contribution in [0.5, 0.6) is 0 Å². The predicted molar refractivity (Wildman–Crippen MR) is 53.4 cm³/mol. The fourth-order valence-electron chi connectivity index (χ4n) is 0.398. The fourth-order valence-corrected chi connectivity index (χ4v) is 0.398. The van der Waals surface area contributed by atoms with E-state index < -0.39 is 0 Å². The van der Waals surface area contributed by atoms with Crippen LogP contribution in [-0.2, 0) is 19.1 Å². The van der Waals surface area contributed by atoms with E-state index in [1.807, 2.05) is 0 Å². The second-order valence-corrected chi connectivity index (χ2v) is 2.47. The molecule has 0 rings (SSSR count). The van der Waals surface area contributed by atoms with Gasteiger partial charge in [-0.05, 0) is 13.8 Å². The Morgan fingerprint density at radius 3 is 1.86 bits per heavy atom. The molecule has 0 saturated carbocycles. The number of carbonyl (C=O) groups excluding carboxylic acids is 2. The molecule has 80 valence electrons. The molecule has 0 aromatic rings. The molecule has 0 unspecified atom stereocenters. The first kappa shape index (κ1) is 14.9. The molecule has 0 aliphatic carbocycles. The average molecular weight is 200 g/mol. The standard InChI is InChI=1S/C6H10O2.C4H6O2/c1-4-6(7)8-5(2)3;1-3-6-4(2)5/h4-5H,1H2,2-3H3;3H,1H2,2H3. The largest absolute Gasteiger partial charge is 0.460 e. The molecule has 0 aromatic carbocycles. The average Bonchev–Trinajstić information content (AvgIpc) is 2.03. The molecule has 0 amide bonds. The van der Waals surface area contributed by atoms with Crippen LogP contribution < -0.4 is 0 Å². The number of rotatable bonds is 3. The Balaban J connectivity index is 0. The number of hydrogen-bond donors (Lipinski definition) is 0. The first-order valence-electron chi connectivity index (χ1n) is 4.05. The lowest BCUT2D eigenvalue weighted by Gasteiger charge is -2.02. The molecular formula is C10H16O4. The van der Waals surface area contributed by atoms with Crippen molar-refractivity contribution in [2.75, 3.05) is 0 Å². The van der Waals surface area contributed by atoms with E-state index in [0.717, 1.165) is 12.3 Å². The molecule has 0 heterocycles. The lowest BCUT2D eigenvalue weighted by molar-refractivity contribution is -0.141. The minimum atomic E-state index is -0.361. The molecule has 14 heavy (non-hydrogen) atoms. The van der Waals surface area contributed by atoms with E-state index in [-0.39, 0.29) is 18.0 Å². The normalized spacial score (nSPS) is 8.00. The number of carbonyl (C=O) groups is 2. The third kappa shape index (κ3) is 16.8. The highest BCUT2D eigenvalue weighted by Gasteiger charge is 1.96. The van der Waals surface area contributed by atoms with Crippen LogP contribution in [0.3, 0.4) is 0 Å².